The van der Waals surface area contributed by atoms with E-state index in [4.69, 9.17) is 15.2 Å². The second kappa shape index (κ2) is 7.10. The molecule has 0 atom stereocenters. The number of hydrogen-bond acceptors (Lipinski definition) is 6. The summed E-state index contributed by atoms with van der Waals surface area (Å²) in [7, 11) is 1.58. The van der Waals surface area contributed by atoms with Crippen LogP contribution in [0.2, 0.25) is 0 Å². The molecule has 0 unspecified atom stereocenters. The van der Waals surface area contributed by atoms with E-state index in [2.05, 4.69) is 15.3 Å². The van der Waals surface area contributed by atoms with E-state index in [-0.39, 0.29) is 0 Å². The highest BCUT2D eigenvalue weighted by molar-refractivity contribution is 5.92. The Hall–Kier alpha value is -2.93. The topological polar surface area (TPSA) is 82.3 Å². The van der Waals surface area contributed by atoms with Gasteiger partial charge in [0, 0.05) is 30.6 Å². The first kappa shape index (κ1) is 15.9. The summed E-state index contributed by atoms with van der Waals surface area (Å²) in [6.45, 7) is 0.760. The van der Waals surface area contributed by atoms with Gasteiger partial charge < -0.3 is 20.5 Å². The van der Waals surface area contributed by atoms with Crippen molar-refractivity contribution < 1.29 is 13.9 Å². The average molecular weight is 328 g/mol. The van der Waals surface area contributed by atoms with Crippen molar-refractivity contribution in [2.75, 3.05) is 31.4 Å². The second-order valence-electron chi connectivity index (χ2n) is 5.11. The monoisotopic (exact) mass is 328 g/mol. The molecule has 1 aromatic heterocycles. The first-order valence-electron chi connectivity index (χ1n) is 7.36. The van der Waals surface area contributed by atoms with Crippen molar-refractivity contribution in [1.29, 1.82) is 0 Å². The fourth-order valence-corrected chi connectivity index (χ4v) is 2.24. The Kier molecular flexibility index (Phi) is 4.72. The largest absolute Gasteiger partial charge is 0.491 e. The highest BCUT2D eigenvalue weighted by Gasteiger charge is 2.12. The number of hydrogen-bond donors (Lipinski definition) is 2. The standard InChI is InChI=1S/C17H17FN4O2/c1-23-6-7-24-13-8-14(18)16-15(9-13)20-10-21-17(16)22-12-4-2-11(19)3-5-12/h2-5,8-10H,6-7,19H2,1H3,(H,20,21,22). The van der Waals surface area contributed by atoms with E-state index < -0.39 is 5.82 Å². The molecule has 24 heavy (non-hydrogen) atoms. The number of aromatic nitrogens is 2. The molecule has 124 valence electrons. The van der Waals surface area contributed by atoms with Crippen LogP contribution in [0.5, 0.6) is 5.75 Å². The van der Waals surface area contributed by atoms with Gasteiger partial charge in [0.25, 0.3) is 0 Å². The van der Waals surface area contributed by atoms with Crippen molar-refractivity contribution in [3.8, 4) is 5.75 Å². The van der Waals surface area contributed by atoms with Gasteiger partial charge in [0.15, 0.2) is 0 Å². The third-order valence-electron chi connectivity index (χ3n) is 3.39. The van der Waals surface area contributed by atoms with Gasteiger partial charge in [-0.05, 0) is 24.3 Å². The summed E-state index contributed by atoms with van der Waals surface area (Å²) in [6, 6.07) is 10.1. The van der Waals surface area contributed by atoms with Crippen molar-refractivity contribution in [1.82, 2.24) is 9.97 Å². The molecule has 3 N–H and O–H groups in total. The van der Waals surface area contributed by atoms with Gasteiger partial charge in [0.05, 0.1) is 17.5 Å². The third-order valence-corrected chi connectivity index (χ3v) is 3.39. The maximum atomic E-state index is 14.5. The predicted molar refractivity (Wildman–Crippen MR) is 91.0 cm³/mol. The highest BCUT2D eigenvalue weighted by Crippen LogP contribution is 2.29. The molecule has 0 saturated heterocycles. The summed E-state index contributed by atoms with van der Waals surface area (Å²) in [5.41, 5.74) is 7.52. The number of anilines is 3. The van der Waals surface area contributed by atoms with E-state index in [9.17, 15) is 4.39 Å². The number of fused-ring (bicyclic) bond motifs is 1. The van der Waals surface area contributed by atoms with Crippen LogP contribution in [0, 0.1) is 5.82 Å². The van der Waals surface area contributed by atoms with E-state index in [1.807, 2.05) is 0 Å². The Morgan fingerprint density at radius 2 is 1.92 bits per heavy atom. The maximum Gasteiger partial charge on any atom is 0.144 e. The molecule has 3 rings (SSSR count). The van der Waals surface area contributed by atoms with Gasteiger partial charge in [0.2, 0.25) is 0 Å². The van der Waals surface area contributed by atoms with E-state index in [0.717, 1.165) is 5.69 Å². The number of benzene rings is 2. The van der Waals surface area contributed by atoms with E-state index in [0.29, 0.717) is 41.4 Å². The van der Waals surface area contributed by atoms with Crippen molar-refractivity contribution in [3.63, 3.8) is 0 Å². The van der Waals surface area contributed by atoms with Gasteiger partial charge >= 0.3 is 0 Å². The molecule has 0 saturated carbocycles. The van der Waals surface area contributed by atoms with Crippen LogP contribution in [0.3, 0.4) is 0 Å². The van der Waals surface area contributed by atoms with Gasteiger partial charge in [-0.1, -0.05) is 0 Å². The molecule has 3 aromatic rings. The van der Waals surface area contributed by atoms with Crippen LogP contribution in [0.15, 0.2) is 42.7 Å². The number of nitrogens with one attached hydrogen (secondary N) is 1. The Morgan fingerprint density at radius 1 is 1.12 bits per heavy atom. The maximum absolute atomic E-state index is 14.5. The Bertz CT molecular complexity index is 840. The third kappa shape index (κ3) is 3.52. The second-order valence-corrected chi connectivity index (χ2v) is 5.11. The minimum Gasteiger partial charge on any atom is -0.491 e. The molecule has 0 radical (unpaired) electrons. The zero-order chi connectivity index (χ0) is 16.9. The first-order valence-corrected chi connectivity index (χ1v) is 7.36. The number of nitrogens with two attached hydrogens (primary N) is 1. The summed E-state index contributed by atoms with van der Waals surface area (Å²) in [4.78, 5) is 8.26. The van der Waals surface area contributed by atoms with Crippen LogP contribution in [0.1, 0.15) is 0 Å². The van der Waals surface area contributed by atoms with Crippen LogP contribution in [0.25, 0.3) is 10.9 Å². The molecular weight excluding hydrogens is 311 g/mol. The fourth-order valence-electron chi connectivity index (χ4n) is 2.24. The van der Waals surface area contributed by atoms with Crippen molar-refractivity contribution in [3.05, 3.63) is 48.5 Å². The molecule has 0 amide bonds. The van der Waals surface area contributed by atoms with Crippen molar-refractivity contribution in [2.45, 2.75) is 0 Å². The smallest absolute Gasteiger partial charge is 0.144 e. The number of methoxy groups -OCH3 is 1. The molecule has 7 heteroatoms. The van der Waals surface area contributed by atoms with Crippen molar-refractivity contribution >= 4 is 28.1 Å². The van der Waals surface area contributed by atoms with Crippen LogP contribution in [-0.2, 0) is 4.74 Å². The molecule has 0 aliphatic rings. The summed E-state index contributed by atoms with van der Waals surface area (Å²) in [5, 5.41) is 3.38. The molecule has 0 aliphatic carbocycles. The Balaban J connectivity index is 1.93. The minimum absolute atomic E-state index is 0.299. The van der Waals surface area contributed by atoms with Gasteiger partial charge in [-0.3, -0.25) is 0 Å². The molecule has 1 heterocycles. The number of nitrogens with zero attached hydrogens (tertiary/aromatic N) is 2. The summed E-state index contributed by atoms with van der Waals surface area (Å²) in [6.07, 6.45) is 1.38. The van der Waals surface area contributed by atoms with Gasteiger partial charge in [0.1, 0.15) is 30.3 Å². The predicted octanol–water partition coefficient (Wildman–Crippen LogP) is 3.12. The van der Waals surface area contributed by atoms with Crippen molar-refractivity contribution in [2.24, 2.45) is 0 Å². The molecule has 0 bridgehead atoms. The van der Waals surface area contributed by atoms with Crippen LogP contribution < -0.4 is 15.8 Å². The lowest BCUT2D eigenvalue weighted by molar-refractivity contribution is 0.146. The molecule has 6 nitrogen and oxygen atoms in total. The van der Waals surface area contributed by atoms with Crippen LogP contribution in [-0.4, -0.2) is 30.3 Å². The normalized spacial score (nSPS) is 10.8. The minimum atomic E-state index is -0.460. The zero-order valence-corrected chi connectivity index (χ0v) is 13.1. The van der Waals surface area contributed by atoms with E-state index >= 15 is 0 Å². The Labute approximate surface area is 138 Å². The van der Waals surface area contributed by atoms with Crippen LogP contribution >= 0.6 is 0 Å². The molecule has 0 spiro atoms. The fraction of sp³-hybridized carbons (Fsp3) is 0.176. The van der Waals surface area contributed by atoms with E-state index in [1.165, 1.54) is 12.4 Å². The lowest BCUT2D eigenvalue weighted by Crippen LogP contribution is -2.05. The number of halogens is 1. The molecule has 0 aliphatic heterocycles. The Morgan fingerprint density at radius 3 is 2.67 bits per heavy atom. The van der Waals surface area contributed by atoms with Gasteiger partial charge in [-0.25, -0.2) is 14.4 Å². The van der Waals surface area contributed by atoms with E-state index in [1.54, 1.807) is 37.4 Å². The highest BCUT2D eigenvalue weighted by atomic mass is 19.1. The van der Waals surface area contributed by atoms with Gasteiger partial charge in [-0.2, -0.15) is 0 Å². The molecule has 0 fully saturated rings. The zero-order valence-electron chi connectivity index (χ0n) is 13.1. The lowest BCUT2D eigenvalue weighted by Gasteiger charge is -2.11. The summed E-state index contributed by atoms with van der Waals surface area (Å²) < 4.78 is 24.9. The number of nitrogen functional groups attached to an aromatic ring is 1. The number of rotatable bonds is 6. The number of ether oxygens (including phenoxy) is 2. The average Bonchev–Trinajstić information content (AvgIpc) is 2.57. The molecule has 2 aromatic carbocycles. The van der Waals surface area contributed by atoms with Gasteiger partial charge in [-0.15, -0.1) is 0 Å². The molecular formula is C17H17FN4O2. The van der Waals surface area contributed by atoms with Crippen LogP contribution in [0.4, 0.5) is 21.6 Å². The summed E-state index contributed by atoms with van der Waals surface area (Å²) >= 11 is 0. The lowest BCUT2D eigenvalue weighted by atomic mass is 10.2. The summed E-state index contributed by atoms with van der Waals surface area (Å²) in [5.74, 6) is 0.318. The quantitative estimate of drug-likeness (QED) is 0.534. The SMILES string of the molecule is COCCOc1cc(F)c2c(Nc3ccc(N)cc3)ncnc2c1. The first-order chi connectivity index (χ1) is 11.7.